The number of rotatable bonds is 5. The van der Waals surface area contributed by atoms with Crippen molar-refractivity contribution in [2.24, 2.45) is 11.3 Å². The van der Waals surface area contributed by atoms with E-state index < -0.39 is 0 Å². The van der Waals surface area contributed by atoms with E-state index in [2.05, 4.69) is 15.0 Å². The molecule has 6 heteroatoms. The first-order valence-corrected chi connectivity index (χ1v) is 8.80. The first kappa shape index (κ1) is 16.1. The molecule has 6 nitrogen and oxygen atoms in total. The Labute approximate surface area is 147 Å². The molecular formula is C19H22N4O2. The molecule has 25 heavy (non-hydrogen) atoms. The van der Waals surface area contributed by atoms with Crippen LogP contribution in [0.5, 0.6) is 0 Å². The Morgan fingerprint density at radius 2 is 2.16 bits per heavy atom. The average molecular weight is 338 g/mol. The molecule has 2 aromatic heterocycles. The molecule has 0 N–H and O–H groups in total. The fraction of sp³-hybridized carbons (Fsp3) is 0.474. The lowest BCUT2D eigenvalue weighted by molar-refractivity contribution is 0.0263. The fourth-order valence-electron chi connectivity index (χ4n) is 4.21. The number of fused-ring (bicyclic) bond motifs is 1. The zero-order valence-electron chi connectivity index (χ0n) is 14.2. The predicted molar refractivity (Wildman–Crippen MR) is 91.6 cm³/mol. The third-order valence-corrected chi connectivity index (χ3v) is 5.47. The summed E-state index contributed by atoms with van der Waals surface area (Å²) >= 11 is 0. The number of hydrogen-bond donors (Lipinski definition) is 0. The average Bonchev–Trinajstić information content (AvgIpc) is 3.20. The molecule has 1 saturated carbocycles. The summed E-state index contributed by atoms with van der Waals surface area (Å²) in [4.78, 5) is 26.9. The summed E-state index contributed by atoms with van der Waals surface area (Å²) in [5, 5.41) is 0. The second-order valence-corrected chi connectivity index (χ2v) is 7.06. The summed E-state index contributed by atoms with van der Waals surface area (Å²) in [6, 6.07) is 5.67. The fourth-order valence-corrected chi connectivity index (χ4v) is 4.21. The quantitative estimate of drug-likeness (QED) is 0.837. The second kappa shape index (κ2) is 6.88. The van der Waals surface area contributed by atoms with Crippen molar-refractivity contribution in [1.29, 1.82) is 0 Å². The SMILES string of the molecule is O=C(c1ncccn1)N1C[C@H]2CCC[C@@]2(COCc2cccnc2)C1. The Balaban J connectivity index is 1.41. The summed E-state index contributed by atoms with van der Waals surface area (Å²) in [5.41, 5.74) is 1.16. The van der Waals surface area contributed by atoms with Gasteiger partial charge in [-0.2, -0.15) is 0 Å². The lowest BCUT2D eigenvalue weighted by atomic mass is 9.81. The molecule has 0 radical (unpaired) electrons. The van der Waals surface area contributed by atoms with Gasteiger partial charge in [-0.3, -0.25) is 9.78 Å². The van der Waals surface area contributed by atoms with Crippen LogP contribution < -0.4 is 0 Å². The highest BCUT2D eigenvalue weighted by Crippen LogP contribution is 2.49. The smallest absolute Gasteiger partial charge is 0.291 e. The van der Waals surface area contributed by atoms with Crippen LogP contribution >= 0.6 is 0 Å². The van der Waals surface area contributed by atoms with Crippen molar-refractivity contribution in [3.8, 4) is 0 Å². The van der Waals surface area contributed by atoms with Crippen molar-refractivity contribution in [3.05, 3.63) is 54.4 Å². The molecule has 0 aromatic carbocycles. The van der Waals surface area contributed by atoms with Crippen molar-refractivity contribution >= 4 is 5.91 Å². The Bertz CT molecular complexity index is 725. The van der Waals surface area contributed by atoms with Gasteiger partial charge in [0.25, 0.3) is 5.91 Å². The van der Waals surface area contributed by atoms with E-state index in [1.807, 2.05) is 23.2 Å². The number of pyridine rings is 1. The minimum absolute atomic E-state index is 0.0679. The number of carbonyl (C=O) groups excluding carboxylic acids is 1. The van der Waals surface area contributed by atoms with E-state index in [9.17, 15) is 4.79 Å². The molecule has 0 spiro atoms. The molecule has 2 aromatic rings. The monoisotopic (exact) mass is 338 g/mol. The Kier molecular flexibility index (Phi) is 4.44. The molecule has 2 aliphatic rings. The van der Waals surface area contributed by atoms with Crippen molar-refractivity contribution < 1.29 is 9.53 Å². The van der Waals surface area contributed by atoms with Crippen molar-refractivity contribution in [2.75, 3.05) is 19.7 Å². The molecule has 1 aliphatic heterocycles. The van der Waals surface area contributed by atoms with E-state index in [4.69, 9.17) is 4.74 Å². The highest BCUT2D eigenvalue weighted by molar-refractivity contribution is 5.90. The summed E-state index contributed by atoms with van der Waals surface area (Å²) in [6.45, 7) is 2.78. The van der Waals surface area contributed by atoms with E-state index in [-0.39, 0.29) is 17.1 Å². The zero-order chi connectivity index (χ0) is 17.1. The van der Waals surface area contributed by atoms with Gasteiger partial charge in [0.2, 0.25) is 5.82 Å². The molecule has 1 amide bonds. The molecule has 3 heterocycles. The Morgan fingerprint density at radius 3 is 2.96 bits per heavy atom. The standard InChI is InChI=1S/C19H22N4O2/c24-18(17-21-8-3-9-22-17)23-11-16-5-1-6-19(16,13-23)14-25-12-15-4-2-7-20-10-15/h2-4,7-10,16H,1,5-6,11-14H2/t16-,19+/m1/s1. The van der Waals surface area contributed by atoms with Crippen LogP contribution in [0.4, 0.5) is 0 Å². The molecular weight excluding hydrogens is 316 g/mol. The first-order chi connectivity index (χ1) is 12.3. The topological polar surface area (TPSA) is 68.2 Å². The van der Waals surface area contributed by atoms with Gasteiger partial charge in [0.1, 0.15) is 0 Å². The van der Waals surface area contributed by atoms with E-state index in [0.29, 0.717) is 19.1 Å². The molecule has 1 aliphatic carbocycles. The van der Waals surface area contributed by atoms with Crippen LogP contribution in [0.15, 0.2) is 43.0 Å². The van der Waals surface area contributed by atoms with E-state index in [1.165, 1.54) is 6.42 Å². The minimum Gasteiger partial charge on any atom is -0.376 e. The van der Waals surface area contributed by atoms with Gasteiger partial charge in [0, 0.05) is 43.3 Å². The third kappa shape index (κ3) is 3.26. The number of likely N-dealkylation sites (tertiary alicyclic amines) is 1. The predicted octanol–water partition coefficient (Wildman–Crippen LogP) is 2.33. The highest BCUT2D eigenvalue weighted by Gasteiger charge is 2.51. The molecule has 2 fully saturated rings. The summed E-state index contributed by atoms with van der Waals surface area (Å²) in [5.74, 6) is 0.726. The second-order valence-electron chi connectivity index (χ2n) is 7.06. The number of aromatic nitrogens is 3. The van der Waals surface area contributed by atoms with Gasteiger partial charge in [-0.15, -0.1) is 0 Å². The van der Waals surface area contributed by atoms with Gasteiger partial charge < -0.3 is 9.64 Å². The largest absolute Gasteiger partial charge is 0.376 e. The van der Waals surface area contributed by atoms with Crippen LogP contribution in [0.2, 0.25) is 0 Å². The van der Waals surface area contributed by atoms with Crippen LogP contribution in [0.1, 0.15) is 35.4 Å². The van der Waals surface area contributed by atoms with Gasteiger partial charge >= 0.3 is 0 Å². The van der Waals surface area contributed by atoms with Gasteiger partial charge in [-0.25, -0.2) is 9.97 Å². The van der Waals surface area contributed by atoms with Gasteiger partial charge in [0.05, 0.1) is 13.2 Å². The van der Waals surface area contributed by atoms with Crippen LogP contribution in [0.3, 0.4) is 0 Å². The number of hydrogen-bond acceptors (Lipinski definition) is 5. The summed E-state index contributed by atoms with van der Waals surface area (Å²) in [7, 11) is 0. The summed E-state index contributed by atoms with van der Waals surface area (Å²) in [6.07, 6.45) is 10.3. The lowest BCUT2D eigenvalue weighted by Crippen LogP contribution is -2.35. The molecule has 1 saturated heterocycles. The summed E-state index contributed by atoms with van der Waals surface area (Å²) < 4.78 is 6.03. The third-order valence-electron chi connectivity index (χ3n) is 5.47. The van der Waals surface area contributed by atoms with E-state index in [1.54, 1.807) is 24.7 Å². The Hall–Kier alpha value is -2.34. The van der Waals surface area contributed by atoms with E-state index in [0.717, 1.165) is 31.5 Å². The molecule has 4 rings (SSSR count). The number of nitrogens with zero attached hydrogens (tertiary/aromatic N) is 4. The van der Waals surface area contributed by atoms with Crippen LogP contribution in [-0.2, 0) is 11.3 Å². The number of amides is 1. The maximum Gasteiger partial charge on any atom is 0.291 e. The normalized spacial score (nSPS) is 25.1. The van der Waals surface area contributed by atoms with Gasteiger partial charge in [0.15, 0.2) is 0 Å². The first-order valence-electron chi connectivity index (χ1n) is 8.80. The highest BCUT2D eigenvalue weighted by atomic mass is 16.5. The van der Waals surface area contributed by atoms with Gasteiger partial charge in [-0.05, 0) is 36.5 Å². The lowest BCUT2D eigenvalue weighted by Gasteiger charge is -2.28. The van der Waals surface area contributed by atoms with Crippen LogP contribution in [0.25, 0.3) is 0 Å². The molecule has 130 valence electrons. The minimum atomic E-state index is -0.0679. The zero-order valence-corrected chi connectivity index (χ0v) is 14.2. The Morgan fingerprint density at radius 1 is 1.28 bits per heavy atom. The van der Waals surface area contributed by atoms with E-state index >= 15 is 0 Å². The maximum atomic E-state index is 12.7. The molecule has 2 atom stereocenters. The maximum absolute atomic E-state index is 12.7. The number of ether oxygens (including phenoxy) is 1. The van der Waals surface area contributed by atoms with Gasteiger partial charge in [-0.1, -0.05) is 12.5 Å². The van der Waals surface area contributed by atoms with Crippen molar-refractivity contribution in [1.82, 2.24) is 19.9 Å². The molecule has 0 unspecified atom stereocenters. The van der Waals surface area contributed by atoms with Crippen LogP contribution in [0, 0.1) is 11.3 Å². The van der Waals surface area contributed by atoms with Crippen LogP contribution in [-0.4, -0.2) is 45.5 Å². The number of carbonyl (C=O) groups is 1. The van der Waals surface area contributed by atoms with Crippen molar-refractivity contribution in [2.45, 2.75) is 25.9 Å². The molecule has 0 bridgehead atoms. The van der Waals surface area contributed by atoms with Crippen molar-refractivity contribution in [3.63, 3.8) is 0 Å².